The third kappa shape index (κ3) is 5.38. The fourth-order valence-corrected chi connectivity index (χ4v) is 4.84. The largest absolute Gasteiger partial charge is 0.338 e. The molecule has 2 aromatic rings. The van der Waals surface area contributed by atoms with Crippen LogP contribution in [-0.4, -0.2) is 33.7 Å². The molecule has 1 fully saturated rings. The zero-order chi connectivity index (χ0) is 23.6. The summed E-state index contributed by atoms with van der Waals surface area (Å²) in [7, 11) is 0. The van der Waals surface area contributed by atoms with Crippen molar-refractivity contribution in [3.63, 3.8) is 0 Å². The third-order valence-electron chi connectivity index (χ3n) is 5.62. The van der Waals surface area contributed by atoms with E-state index < -0.39 is 16.8 Å². The Bertz CT molecular complexity index is 1190. The van der Waals surface area contributed by atoms with Gasteiger partial charge in [-0.05, 0) is 44.4 Å². The zero-order valence-electron chi connectivity index (χ0n) is 18.8. The number of thiazole rings is 1. The summed E-state index contributed by atoms with van der Waals surface area (Å²) >= 11 is 7.18. The number of halogens is 2. The number of hydrogen-bond donors (Lipinski definition) is 0. The molecule has 0 bridgehead atoms. The van der Waals surface area contributed by atoms with Crippen molar-refractivity contribution in [3.8, 4) is 0 Å². The van der Waals surface area contributed by atoms with Gasteiger partial charge in [0.1, 0.15) is 17.0 Å². The lowest BCUT2D eigenvalue weighted by Crippen LogP contribution is -2.46. The SMILES string of the molecule is CC1CCCCN1C(=O)Cn1c(=O)/c(=C/c2c(F)cccc2Cl)s/c1=C/C(=O)C(C)(C)C. The Morgan fingerprint density at radius 2 is 2.00 bits per heavy atom. The zero-order valence-corrected chi connectivity index (χ0v) is 20.4. The molecule has 1 atom stereocenters. The van der Waals surface area contributed by atoms with Gasteiger partial charge in [0.15, 0.2) is 5.78 Å². The van der Waals surface area contributed by atoms with E-state index in [1.54, 1.807) is 31.7 Å². The minimum Gasteiger partial charge on any atom is -0.338 e. The summed E-state index contributed by atoms with van der Waals surface area (Å²) in [6, 6.07) is 4.40. The second-order valence-corrected chi connectivity index (χ2v) is 10.6. The molecule has 8 heteroatoms. The second kappa shape index (κ2) is 9.71. The monoisotopic (exact) mass is 478 g/mol. The molecule has 3 rings (SSSR count). The van der Waals surface area contributed by atoms with E-state index in [1.807, 2.05) is 6.92 Å². The highest BCUT2D eigenvalue weighted by molar-refractivity contribution is 7.07. The molecular formula is C24H28ClFN2O3S. The number of carbonyl (C=O) groups excluding carboxylic acids is 2. The smallest absolute Gasteiger partial charge is 0.269 e. The van der Waals surface area contributed by atoms with E-state index in [0.29, 0.717) is 11.2 Å². The molecule has 0 radical (unpaired) electrons. The van der Waals surface area contributed by atoms with E-state index in [1.165, 1.54) is 28.9 Å². The number of likely N-dealkylation sites (tertiary alicyclic amines) is 1. The minimum absolute atomic E-state index is 0.101. The predicted octanol–water partition coefficient (Wildman–Crippen LogP) is 3.33. The number of ketones is 1. The summed E-state index contributed by atoms with van der Waals surface area (Å²) < 4.78 is 16.2. The molecular weight excluding hydrogens is 451 g/mol. The standard InChI is InChI=1S/C24H28ClFN2O3S/c1-15-8-5-6-11-27(15)21(30)14-28-22(13-20(29)24(2,3)4)32-19(23(28)31)12-16-17(25)9-7-10-18(16)26/h7,9-10,12-13,15H,5-6,8,11,14H2,1-4H3/b19-12-,22-13+. The van der Waals surface area contributed by atoms with Crippen molar-refractivity contribution >= 4 is 46.8 Å². The Labute approximate surface area is 195 Å². The van der Waals surface area contributed by atoms with Gasteiger partial charge in [0.25, 0.3) is 5.56 Å². The van der Waals surface area contributed by atoms with E-state index in [9.17, 15) is 18.8 Å². The summed E-state index contributed by atoms with van der Waals surface area (Å²) in [6.07, 6.45) is 5.72. The quantitative estimate of drug-likeness (QED) is 0.677. The predicted molar refractivity (Wildman–Crippen MR) is 127 cm³/mol. The minimum atomic E-state index is -0.644. The van der Waals surface area contributed by atoms with Gasteiger partial charge in [-0.3, -0.25) is 19.0 Å². The first kappa shape index (κ1) is 24.4. The molecule has 32 heavy (non-hydrogen) atoms. The van der Waals surface area contributed by atoms with Crippen molar-refractivity contribution in [2.75, 3.05) is 6.54 Å². The van der Waals surface area contributed by atoms with Crippen LogP contribution in [0.5, 0.6) is 0 Å². The van der Waals surface area contributed by atoms with Crippen LogP contribution in [0.1, 0.15) is 52.5 Å². The van der Waals surface area contributed by atoms with Crippen molar-refractivity contribution in [3.05, 3.63) is 54.2 Å². The maximum atomic E-state index is 14.3. The number of amides is 1. The Morgan fingerprint density at radius 1 is 1.28 bits per heavy atom. The molecule has 1 aromatic heterocycles. The van der Waals surface area contributed by atoms with Crippen molar-refractivity contribution in [2.24, 2.45) is 5.41 Å². The lowest BCUT2D eigenvalue weighted by atomic mass is 9.91. The maximum Gasteiger partial charge on any atom is 0.269 e. The molecule has 1 aliphatic rings. The van der Waals surface area contributed by atoms with Crippen LogP contribution in [0.3, 0.4) is 0 Å². The number of carbonyl (C=O) groups is 2. The van der Waals surface area contributed by atoms with Crippen LogP contribution < -0.4 is 14.8 Å². The molecule has 2 heterocycles. The number of Topliss-reactive ketones (excluding diaryl/α,β-unsaturated/α-hetero) is 1. The summed E-state index contributed by atoms with van der Waals surface area (Å²) in [5.41, 5.74) is -0.987. The van der Waals surface area contributed by atoms with Gasteiger partial charge in [-0.1, -0.05) is 38.4 Å². The van der Waals surface area contributed by atoms with Crippen molar-refractivity contribution < 1.29 is 14.0 Å². The normalized spacial score (nSPS) is 18.3. The average Bonchev–Trinajstić information content (AvgIpc) is 2.99. The summed E-state index contributed by atoms with van der Waals surface area (Å²) in [6.45, 7) is 7.85. The number of piperidine rings is 1. The summed E-state index contributed by atoms with van der Waals surface area (Å²) in [5.74, 6) is -0.876. The second-order valence-electron chi connectivity index (χ2n) is 9.17. The fourth-order valence-electron chi connectivity index (χ4n) is 3.60. The van der Waals surface area contributed by atoms with Crippen LogP contribution in [-0.2, 0) is 16.1 Å². The van der Waals surface area contributed by atoms with Gasteiger partial charge in [0.05, 0.1) is 9.55 Å². The van der Waals surface area contributed by atoms with Crippen LogP contribution >= 0.6 is 22.9 Å². The number of aromatic nitrogens is 1. The van der Waals surface area contributed by atoms with Gasteiger partial charge in [-0.2, -0.15) is 0 Å². The van der Waals surface area contributed by atoms with E-state index in [0.717, 1.165) is 30.6 Å². The number of hydrogen-bond acceptors (Lipinski definition) is 4. The van der Waals surface area contributed by atoms with E-state index in [-0.39, 0.29) is 39.4 Å². The number of rotatable bonds is 4. The van der Waals surface area contributed by atoms with Gasteiger partial charge in [0, 0.05) is 29.6 Å². The van der Waals surface area contributed by atoms with E-state index in [4.69, 9.17) is 11.6 Å². The molecule has 1 amide bonds. The highest BCUT2D eigenvalue weighted by atomic mass is 35.5. The van der Waals surface area contributed by atoms with Gasteiger partial charge in [-0.15, -0.1) is 11.3 Å². The van der Waals surface area contributed by atoms with Crippen LogP contribution in [0.25, 0.3) is 12.2 Å². The van der Waals surface area contributed by atoms with Crippen molar-refractivity contribution in [2.45, 2.75) is 59.5 Å². The van der Waals surface area contributed by atoms with Crippen LogP contribution in [0, 0.1) is 11.2 Å². The molecule has 1 aromatic carbocycles. The molecule has 1 unspecified atom stereocenters. The molecule has 0 spiro atoms. The topological polar surface area (TPSA) is 59.4 Å². The van der Waals surface area contributed by atoms with Gasteiger partial charge >= 0.3 is 0 Å². The Hall–Kier alpha value is -2.25. The molecule has 1 saturated heterocycles. The van der Waals surface area contributed by atoms with Gasteiger partial charge in [0.2, 0.25) is 5.91 Å². The van der Waals surface area contributed by atoms with Crippen molar-refractivity contribution in [1.29, 1.82) is 0 Å². The first-order chi connectivity index (χ1) is 15.0. The molecule has 1 aliphatic heterocycles. The van der Waals surface area contributed by atoms with Crippen molar-refractivity contribution in [1.82, 2.24) is 9.47 Å². The Balaban J connectivity index is 2.13. The summed E-state index contributed by atoms with van der Waals surface area (Å²) in [5, 5.41) is 0.180. The highest BCUT2D eigenvalue weighted by Crippen LogP contribution is 2.20. The van der Waals surface area contributed by atoms with Gasteiger partial charge in [-0.25, -0.2) is 4.39 Å². The first-order valence-corrected chi connectivity index (χ1v) is 11.9. The van der Waals surface area contributed by atoms with Crippen LogP contribution in [0.4, 0.5) is 4.39 Å². The fraction of sp³-hybridized carbons (Fsp3) is 0.458. The van der Waals surface area contributed by atoms with Gasteiger partial charge < -0.3 is 4.90 Å². The maximum absolute atomic E-state index is 14.3. The lowest BCUT2D eigenvalue weighted by molar-refractivity contribution is -0.135. The molecule has 0 saturated carbocycles. The molecule has 172 valence electrons. The number of nitrogens with zero attached hydrogens (tertiary/aromatic N) is 2. The Morgan fingerprint density at radius 3 is 2.62 bits per heavy atom. The van der Waals surface area contributed by atoms with Crippen LogP contribution in [0.15, 0.2) is 23.0 Å². The summed E-state index contributed by atoms with van der Waals surface area (Å²) in [4.78, 5) is 40.7. The lowest BCUT2D eigenvalue weighted by Gasteiger charge is -2.33. The first-order valence-electron chi connectivity index (χ1n) is 10.7. The van der Waals surface area contributed by atoms with E-state index in [2.05, 4.69) is 0 Å². The molecule has 0 aliphatic carbocycles. The van der Waals surface area contributed by atoms with Crippen LogP contribution in [0.2, 0.25) is 5.02 Å². The third-order valence-corrected chi connectivity index (χ3v) is 7.01. The number of benzene rings is 1. The average molecular weight is 479 g/mol. The highest BCUT2D eigenvalue weighted by Gasteiger charge is 2.25. The van der Waals surface area contributed by atoms with E-state index >= 15 is 0 Å². The molecule has 0 N–H and O–H groups in total. The Kier molecular flexibility index (Phi) is 7.40. The molecule has 5 nitrogen and oxygen atoms in total.